The van der Waals surface area contributed by atoms with Gasteiger partial charge in [-0.2, -0.15) is 0 Å². The quantitative estimate of drug-likeness (QED) is 0.441. The van der Waals surface area contributed by atoms with Crippen LogP contribution in [0.25, 0.3) is 27.7 Å². The number of fused-ring (bicyclic) bond motifs is 1. The predicted octanol–water partition coefficient (Wildman–Crippen LogP) is 5.31. The van der Waals surface area contributed by atoms with Crippen LogP contribution in [0.4, 0.5) is 0 Å². The number of benzene rings is 2. The molecule has 0 saturated carbocycles. The fourth-order valence-corrected chi connectivity index (χ4v) is 4.41. The molecular formula is C27H31ClN2O4. The molecule has 0 spiro atoms. The number of carbonyl (C=O) groups excluding carboxylic acids is 1. The van der Waals surface area contributed by atoms with Crippen LogP contribution in [0.1, 0.15) is 25.0 Å². The summed E-state index contributed by atoms with van der Waals surface area (Å²) in [6, 6.07) is 9.73. The molecule has 2 aromatic carbocycles. The third kappa shape index (κ3) is 5.46. The summed E-state index contributed by atoms with van der Waals surface area (Å²) >= 11 is 6.07. The fourth-order valence-electron chi connectivity index (χ4n) is 4.28. The molecule has 1 amide bonds. The van der Waals surface area contributed by atoms with Crippen molar-refractivity contribution in [3.63, 3.8) is 0 Å². The topological polar surface area (TPSA) is 63.9 Å². The SMILES string of the molecule is CCOc1c(/C(C)=C/C(=O)NCCN2CCOCC2)cc2c(-c3ccc(Cl)cc3)coc2c1C. The largest absolute Gasteiger partial charge is 0.493 e. The third-order valence-electron chi connectivity index (χ3n) is 6.09. The summed E-state index contributed by atoms with van der Waals surface area (Å²) in [4.78, 5) is 14.9. The van der Waals surface area contributed by atoms with Crippen LogP contribution < -0.4 is 10.1 Å². The molecule has 0 radical (unpaired) electrons. The Labute approximate surface area is 205 Å². The van der Waals surface area contributed by atoms with Crippen molar-refractivity contribution in [2.24, 2.45) is 0 Å². The van der Waals surface area contributed by atoms with Crippen LogP contribution in [-0.4, -0.2) is 56.8 Å². The first-order chi connectivity index (χ1) is 16.5. The lowest BCUT2D eigenvalue weighted by atomic mass is 9.96. The predicted molar refractivity (Wildman–Crippen MR) is 136 cm³/mol. The van der Waals surface area contributed by atoms with Gasteiger partial charge in [-0.1, -0.05) is 23.7 Å². The van der Waals surface area contributed by atoms with Gasteiger partial charge < -0.3 is 19.2 Å². The van der Waals surface area contributed by atoms with Crippen LogP contribution in [0, 0.1) is 6.92 Å². The summed E-state index contributed by atoms with van der Waals surface area (Å²) in [6.45, 7) is 11.1. The van der Waals surface area contributed by atoms with Crippen molar-refractivity contribution < 1.29 is 18.7 Å². The summed E-state index contributed by atoms with van der Waals surface area (Å²) < 4.78 is 17.3. The Morgan fingerprint density at radius 3 is 2.68 bits per heavy atom. The Hall–Kier alpha value is -2.80. The molecule has 34 heavy (non-hydrogen) atoms. The smallest absolute Gasteiger partial charge is 0.244 e. The molecule has 1 aromatic heterocycles. The second-order valence-corrected chi connectivity index (χ2v) is 8.85. The Morgan fingerprint density at radius 2 is 1.97 bits per heavy atom. The lowest BCUT2D eigenvalue weighted by Gasteiger charge is -2.26. The van der Waals surface area contributed by atoms with Crippen LogP contribution in [0.3, 0.4) is 0 Å². The van der Waals surface area contributed by atoms with Crippen molar-refractivity contribution in [3.05, 3.63) is 58.8 Å². The first-order valence-corrected chi connectivity index (χ1v) is 12.1. The minimum Gasteiger partial charge on any atom is -0.493 e. The third-order valence-corrected chi connectivity index (χ3v) is 6.34. The highest BCUT2D eigenvalue weighted by Gasteiger charge is 2.19. The van der Waals surface area contributed by atoms with Crippen molar-refractivity contribution in [2.45, 2.75) is 20.8 Å². The van der Waals surface area contributed by atoms with Gasteiger partial charge in [0.05, 0.1) is 26.1 Å². The van der Waals surface area contributed by atoms with E-state index in [1.165, 1.54) is 0 Å². The van der Waals surface area contributed by atoms with Crippen molar-refractivity contribution in [2.75, 3.05) is 46.0 Å². The van der Waals surface area contributed by atoms with Gasteiger partial charge in [-0.15, -0.1) is 0 Å². The fraction of sp³-hybridized carbons (Fsp3) is 0.370. The zero-order valence-electron chi connectivity index (χ0n) is 19.9. The lowest BCUT2D eigenvalue weighted by Crippen LogP contribution is -2.41. The van der Waals surface area contributed by atoms with Crippen molar-refractivity contribution in [1.82, 2.24) is 10.2 Å². The number of nitrogens with zero attached hydrogens (tertiary/aromatic N) is 1. The highest BCUT2D eigenvalue weighted by atomic mass is 35.5. The summed E-state index contributed by atoms with van der Waals surface area (Å²) in [5.41, 5.74) is 5.39. The number of ether oxygens (including phenoxy) is 2. The van der Waals surface area contributed by atoms with Gasteiger partial charge in [-0.3, -0.25) is 9.69 Å². The number of aryl methyl sites for hydroxylation is 1. The van der Waals surface area contributed by atoms with Gasteiger partial charge in [0.1, 0.15) is 11.3 Å². The van der Waals surface area contributed by atoms with Crippen molar-refractivity contribution >= 4 is 34.1 Å². The molecule has 2 heterocycles. The Balaban J connectivity index is 1.61. The highest BCUT2D eigenvalue weighted by molar-refractivity contribution is 6.30. The maximum absolute atomic E-state index is 12.7. The number of nitrogens with one attached hydrogen (secondary N) is 1. The van der Waals surface area contributed by atoms with Crippen LogP contribution in [-0.2, 0) is 9.53 Å². The first-order valence-electron chi connectivity index (χ1n) is 11.7. The van der Waals surface area contributed by atoms with E-state index < -0.39 is 0 Å². The number of furan rings is 1. The number of allylic oxidation sites excluding steroid dienone is 1. The molecule has 7 heteroatoms. The Kier molecular flexibility index (Phi) is 7.93. The summed E-state index contributed by atoms with van der Waals surface area (Å²) in [6.07, 6.45) is 3.41. The molecule has 180 valence electrons. The molecule has 1 aliphatic rings. The number of amides is 1. The van der Waals surface area contributed by atoms with E-state index in [0.29, 0.717) is 18.2 Å². The molecule has 1 saturated heterocycles. The van der Waals surface area contributed by atoms with Gasteiger partial charge in [-0.05, 0) is 50.1 Å². The van der Waals surface area contributed by atoms with Gasteiger partial charge in [0.2, 0.25) is 5.91 Å². The molecule has 4 rings (SSSR count). The van der Waals surface area contributed by atoms with Crippen LogP contribution in [0.2, 0.25) is 5.02 Å². The number of carbonyl (C=O) groups is 1. The van der Waals surface area contributed by atoms with Crippen LogP contribution in [0.5, 0.6) is 5.75 Å². The molecular weight excluding hydrogens is 452 g/mol. The van der Waals surface area contributed by atoms with E-state index in [9.17, 15) is 4.79 Å². The molecule has 1 N–H and O–H groups in total. The molecule has 1 fully saturated rings. The standard InChI is InChI=1S/C27H31ClN2O4/c1-4-33-26-19(3)27-23(24(17-34-27)20-5-7-21(28)8-6-20)16-22(26)18(2)15-25(31)29-9-10-30-11-13-32-14-12-30/h5-8,15-17H,4,9-14H2,1-3H3,(H,29,31)/b18-15+. The minimum absolute atomic E-state index is 0.115. The minimum atomic E-state index is -0.115. The van der Waals surface area contributed by atoms with Crippen molar-refractivity contribution in [1.29, 1.82) is 0 Å². The number of halogens is 1. The van der Waals surface area contributed by atoms with E-state index in [4.69, 9.17) is 25.5 Å². The average Bonchev–Trinajstić information content (AvgIpc) is 3.26. The normalized spacial score (nSPS) is 15.0. The zero-order valence-corrected chi connectivity index (χ0v) is 20.7. The van der Waals surface area contributed by atoms with E-state index >= 15 is 0 Å². The first kappa shape index (κ1) is 24.3. The summed E-state index contributed by atoms with van der Waals surface area (Å²) in [5.74, 6) is 0.623. The number of morpholine rings is 1. The Bertz CT molecular complexity index is 1180. The van der Waals surface area contributed by atoms with Crippen LogP contribution in [0.15, 0.2) is 47.1 Å². The molecule has 3 aromatic rings. The van der Waals surface area contributed by atoms with Gasteiger partial charge in [-0.25, -0.2) is 0 Å². The maximum Gasteiger partial charge on any atom is 0.244 e. The lowest BCUT2D eigenvalue weighted by molar-refractivity contribution is -0.116. The summed E-state index contributed by atoms with van der Waals surface area (Å²) in [5, 5.41) is 4.66. The molecule has 0 bridgehead atoms. The second-order valence-electron chi connectivity index (χ2n) is 8.42. The van der Waals surface area contributed by atoms with Gasteiger partial charge in [0, 0.05) is 59.4 Å². The molecule has 0 unspecified atom stereocenters. The number of rotatable bonds is 8. The molecule has 0 aliphatic carbocycles. The van der Waals surface area contributed by atoms with E-state index in [-0.39, 0.29) is 5.91 Å². The van der Waals surface area contributed by atoms with Crippen molar-refractivity contribution in [3.8, 4) is 16.9 Å². The maximum atomic E-state index is 12.7. The number of hydrogen-bond acceptors (Lipinski definition) is 5. The Morgan fingerprint density at radius 1 is 1.24 bits per heavy atom. The molecule has 0 atom stereocenters. The van der Waals surface area contributed by atoms with Gasteiger partial charge in [0.25, 0.3) is 0 Å². The highest BCUT2D eigenvalue weighted by Crippen LogP contribution is 2.40. The zero-order chi connectivity index (χ0) is 24.1. The number of hydrogen-bond donors (Lipinski definition) is 1. The molecule has 6 nitrogen and oxygen atoms in total. The average molecular weight is 483 g/mol. The molecule has 1 aliphatic heterocycles. The van der Waals surface area contributed by atoms with E-state index in [0.717, 1.165) is 77.4 Å². The van der Waals surface area contributed by atoms with E-state index in [1.807, 2.05) is 51.1 Å². The van der Waals surface area contributed by atoms with E-state index in [2.05, 4.69) is 10.2 Å². The van der Waals surface area contributed by atoms with Gasteiger partial charge in [0.15, 0.2) is 0 Å². The summed E-state index contributed by atoms with van der Waals surface area (Å²) in [7, 11) is 0. The monoisotopic (exact) mass is 482 g/mol. The van der Waals surface area contributed by atoms with Crippen LogP contribution >= 0.6 is 11.6 Å². The van der Waals surface area contributed by atoms with Gasteiger partial charge >= 0.3 is 0 Å². The van der Waals surface area contributed by atoms with E-state index in [1.54, 1.807) is 12.3 Å². The second kappa shape index (κ2) is 11.1.